The maximum Gasteiger partial charge on any atom is 0.255 e. The number of amides is 1. The Labute approximate surface area is 105 Å². The van der Waals surface area contributed by atoms with Gasteiger partial charge in [0.05, 0.1) is 11.9 Å². The van der Waals surface area contributed by atoms with Crippen molar-refractivity contribution < 1.29 is 9.90 Å². The molecule has 0 fully saturated rings. The molecular formula is C13H15N3O2. The molecule has 0 bridgehead atoms. The largest absolute Gasteiger partial charge is 0.507 e. The molecule has 1 amide bonds. The minimum atomic E-state index is -0.267. The molecule has 94 valence electrons. The van der Waals surface area contributed by atoms with Crippen molar-refractivity contribution in [3.05, 3.63) is 48.0 Å². The smallest absolute Gasteiger partial charge is 0.255 e. The average Bonchev–Trinajstić information content (AvgIpc) is 2.85. The number of phenolic OH excluding ortho intramolecular Hbond substituents is 1. The van der Waals surface area contributed by atoms with Crippen molar-refractivity contribution in [3.63, 3.8) is 0 Å². The second-order valence-electron chi connectivity index (χ2n) is 4.08. The van der Waals surface area contributed by atoms with Crippen molar-refractivity contribution in [1.82, 2.24) is 14.9 Å². The van der Waals surface area contributed by atoms with E-state index in [0.717, 1.165) is 5.56 Å². The molecule has 0 radical (unpaired) electrons. The lowest BCUT2D eigenvalue weighted by Gasteiger charge is -2.08. The van der Waals surface area contributed by atoms with Gasteiger partial charge in [-0.15, -0.1) is 0 Å². The van der Waals surface area contributed by atoms with Gasteiger partial charge in [0, 0.05) is 25.5 Å². The van der Waals surface area contributed by atoms with Gasteiger partial charge in [0.2, 0.25) is 0 Å². The molecule has 0 saturated heterocycles. The molecular weight excluding hydrogens is 230 g/mol. The summed E-state index contributed by atoms with van der Waals surface area (Å²) >= 11 is 0. The van der Waals surface area contributed by atoms with Crippen molar-refractivity contribution >= 4 is 5.91 Å². The van der Waals surface area contributed by atoms with Crippen LogP contribution in [-0.4, -0.2) is 27.1 Å². The molecule has 2 N–H and O–H groups in total. The van der Waals surface area contributed by atoms with E-state index >= 15 is 0 Å². The molecule has 1 aromatic carbocycles. The lowest BCUT2D eigenvalue weighted by molar-refractivity contribution is 0.0949. The molecule has 0 saturated carbocycles. The van der Waals surface area contributed by atoms with Crippen LogP contribution in [0.25, 0.3) is 0 Å². The van der Waals surface area contributed by atoms with E-state index in [1.165, 1.54) is 6.07 Å². The fourth-order valence-electron chi connectivity index (χ4n) is 1.64. The fraction of sp³-hybridized carbons (Fsp3) is 0.231. The van der Waals surface area contributed by atoms with Crippen LogP contribution in [0.15, 0.2) is 36.9 Å². The highest BCUT2D eigenvalue weighted by Gasteiger charge is 2.10. The summed E-state index contributed by atoms with van der Waals surface area (Å²) in [7, 11) is 0. The van der Waals surface area contributed by atoms with Crippen LogP contribution in [-0.2, 0) is 6.54 Å². The third-order valence-electron chi connectivity index (χ3n) is 2.61. The van der Waals surface area contributed by atoms with E-state index in [1.807, 2.05) is 17.7 Å². The van der Waals surface area contributed by atoms with Gasteiger partial charge in [0.15, 0.2) is 0 Å². The second kappa shape index (κ2) is 5.35. The molecule has 1 aromatic heterocycles. The summed E-state index contributed by atoms with van der Waals surface area (Å²) in [6.45, 7) is 3.02. The first kappa shape index (κ1) is 12.2. The standard InChI is InChI=1S/C13H15N3O2/c1-10-2-3-12(17)11(8-10)13(18)15-5-7-16-6-4-14-9-16/h2-4,6,8-9,17H,5,7H2,1H3,(H,15,18). The number of hydrogen-bond donors (Lipinski definition) is 2. The van der Waals surface area contributed by atoms with Gasteiger partial charge in [-0.1, -0.05) is 11.6 Å². The number of aromatic nitrogens is 2. The Kier molecular flexibility index (Phi) is 3.62. The number of nitrogens with zero attached hydrogens (tertiary/aromatic N) is 2. The summed E-state index contributed by atoms with van der Waals surface area (Å²) in [5.41, 5.74) is 1.24. The molecule has 1 heterocycles. The first-order chi connectivity index (χ1) is 8.66. The van der Waals surface area contributed by atoms with Gasteiger partial charge in [-0.2, -0.15) is 0 Å². The third kappa shape index (κ3) is 2.88. The van der Waals surface area contributed by atoms with Crippen LogP contribution in [0.5, 0.6) is 5.75 Å². The number of benzene rings is 1. The van der Waals surface area contributed by atoms with Crippen LogP contribution < -0.4 is 5.32 Å². The maximum atomic E-state index is 11.9. The van der Waals surface area contributed by atoms with E-state index in [9.17, 15) is 9.90 Å². The summed E-state index contributed by atoms with van der Waals surface area (Å²) in [6, 6.07) is 4.96. The quantitative estimate of drug-likeness (QED) is 0.853. The minimum absolute atomic E-state index is 0.000677. The van der Waals surface area contributed by atoms with Crippen LogP contribution in [0.1, 0.15) is 15.9 Å². The Morgan fingerprint density at radius 1 is 1.50 bits per heavy atom. The van der Waals surface area contributed by atoms with Crippen LogP contribution in [0.4, 0.5) is 0 Å². The fourth-order valence-corrected chi connectivity index (χ4v) is 1.64. The lowest BCUT2D eigenvalue weighted by Crippen LogP contribution is -2.27. The average molecular weight is 245 g/mol. The monoisotopic (exact) mass is 245 g/mol. The number of imidazole rings is 1. The predicted octanol–water partition coefficient (Wildman–Crippen LogP) is 1.33. The molecule has 18 heavy (non-hydrogen) atoms. The predicted molar refractivity (Wildman–Crippen MR) is 67.4 cm³/mol. The first-order valence-corrected chi connectivity index (χ1v) is 5.70. The number of rotatable bonds is 4. The van der Waals surface area contributed by atoms with Crippen molar-refractivity contribution in [2.75, 3.05) is 6.54 Å². The van der Waals surface area contributed by atoms with E-state index in [0.29, 0.717) is 18.7 Å². The van der Waals surface area contributed by atoms with Crippen molar-refractivity contribution in [3.8, 4) is 5.75 Å². The van der Waals surface area contributed by atoms with Gasteiger partial charge >= 0.3 is 0 Å². The number of aromatic hydroxyl groups is 1. The summed E-state index contributed by atoms with van der Waals surface area (Å²) in [4.78, 5) is 15.8. The Balaban J connectivity index is 1.93. The van der Waals surface area contributed by atoms with Gasteiger partial charge in [-0.05, 0) is 19.1 Å². The minimum Gasteiger partial charge on any atom is -0.507 e. The van der Waals surface area contributed by atoms with Crippen LogP contribution in [0.3, 0.4) is 0 Å². The highest BCUT2D eigenvalue weighted by Crippen LogP contribution is 2.17. The lowest BCUT2D eigenvalue weighted by atomic mass is 10.1. The van der Waals surface area contributed by atoms with Crippen LogP contribution in [0.2, 0.25) is 0 Å². The third-order valence-corrected chi connectivity index (χ3v) is 2.61. The highest BCUT2D eigenvalue weighted by atomic mass is 16.3. The second-order valence-corrected chi connectivity index (χ2v) is 4.08. The number of hydrogen-bond acceptors (Lipinski definition) is 3. The molecule has 5 heteroatoms. The molecule has 2 rings (SSSR count). The van der Waals surface area contributed by atoms with E-state index in [-0.39, 0.29) is 11.7 Å². The van der Waals surface area contributed by atoms with Gasteiger partial charge in [0.25, 0.3) is 5.91 Å². The van der Waals surface area contributed by atoms with Gasteiger partial charge in [-0.3, -0.25) is 4.79 Å². The molecule has 0 aliphatic heterocycles. The molecule has 0 atom stereocenters. The van der Waals surface area contributed by atoms with Crippen molar-refractivity contribution in [2.24, 2.45) is 0 Å². The summed E-state index contributed by atoms with van der Waals surface area (Å²) in [6.07, 6.45) is 5.21. The molecule has 0 aliphatic rings. The van der Waals surface area contributed by atoms with Gasteiger partial charge in [0.1, 0.15) is 5.75 Å². The van der Waals surface area contributed by atoms with E-state index in [1.54, 1.807) is 24.7 Å². The zero-order chi connectivity index (χ0) is 13.0. The molecule has 5 nitrogen and oxygen atoms in total. The number of carbonyl (C=O) groups is 1. The zero-order valence-electron chi connectivity index (χ0n) is 10.1. The SMILES string of the molecule is Cc1ccc(O)c(C(=O)NCCn2ccnc2)c1. The number of aryl methyl sites for hydroxylation is 1. The Hall–Kier alpha value is -2.30. The zero-order valence-corrected chi connectivity index (χ0v) is 10.1. The van der Waals surface area contributed by atoms with Crippen molar-refractivity contribution in [2.45, 2.75) is 13.5 Å². The molecule has 0 spiro atoms. The normalized spacial score (nSPS) is 10.3. The summed E-state index contributed by atoms with van der Waals surface area (Å²) < 4.78 is 1.87. The summed E-state index contributed by atoms with van der Waals surface area (Å²) in [5.74, 6) is -0.267. The van der Waals surface area contributed by atoms with Gasteiger partial charge in [-0.25, -0.2) is 4.98 Å². The van der Waals surface area contributed by atoms with Crippen LogP contribution in [0, 0.1) is 6.92 Å². The summed E-state index contributed by atoms with van der Waals surface area (Å²) in [5, 5.41) is 12.4. The topological polar surface area (TPSA) is 67.2 Å². The van der Waals surface area contributed by atoms with Crippen molar-refractivity contribution in [1.29, 1.82) is 0 Å². The van der Waals surface area contributed by atoms with E-state index < -0.39 is 0 Å². The Bertz CT molecular complexity index is 535. The Morgan fingerprint density at radius 2 is 2.33 bits per heavy atom. The number of nitrogens with one attached hydrogen (secondary N) is 1. The molecule has 2 aromatic rings. The Morgan fingerprint density at radius 3 is 3.06 bits per heavy atom. The molecule has 0 unspecified atom stereocenters. The number of carbonyl (C=O) groups excluding carboxylic acids is 1. The first-order valence-electron chi connectivity index (χ1n) is 5.70. The highest BCUT2D eigenvalue weighted by molar-refractivity contribution is 5.96. The van der Waals surface area contributed by atoms with E-state index in [4.69, 9.17) is 0 Å². The van der Waals surface area contributed by atoms with Crippen LogP contribution >= 0.6 is 0 Å². The molecule has 0 aliphatic carbocycles. The van der Waals surface area contributed by atoms with Gasteiger partial charge < -0.3 is 15.0 Å². The number of phenols is 1. The van der Waals surface area contributed by atoms with E-state index in [2.05, 4.69) is 10.3 Å². The maximum absolute atomic E-state index is 11.9.